The highest BCUT2D eigenvalue weighted by Crippen LogP contribution is 2.44. The molecule has 1 saturated heterocycles. The van der Waals surface area contributed by atoms with E-state index < -0.39 is 5.60 Å². The molecule has 4 heteroatoms. The van der Waals surface area contributed by atoms with Gasteiger partial charge in [0.1, 0.15) is 5.60 Å². The van der Waals surface area contributed by atoms with Gasteiger partial charge < -0.3 is 15.8 Å². The first-order chi connectivity index (χ1) is 7.82. The first-order valence-corrected chi connectivity index (χ1v) is 6.56. The molecule has 3 unspecified atom stereocenters. The summed E-state index contributed by atoms with van der Waals surface area (Å²) in [6, 6.07) is 0.224. The van der Waals surface area contributed by atoms with Crippen LogP contribution in [0.3, 0.4) is 0 Å². The lowest BCUT2D eigenvalue weighted by Gasteiger charge is -2.52. The summed E-state index contributed by atoms with van der Waals surface area (Å²) < 4.78 is 5.48. The molecule has 0 aromatic heterocycles. The van der Waals surface area contributed by atoms with E-state index in [1.54, 1.807) is 0 Å². The second-order valence-electron chi connectivity index (χ2n) is 6.46. The summed E-state index contributed by atoms with van der Waals surface area (Å²) in [6.07, 6.45) is 3.87. The Labute approximate surface area is 103 Å². The second-order valence-corrected chi connectivity index (χ2v) is 6.46. The first-order valence-electron chi connectivity index (χ1n) is 6.56. The summed E-state index contributed by atoms with van der Waals surface area (Å²) in [5.74, 6) is -0.0709. The minimum atomic E-state index is -0.398. The lowest BCUT2D eigenvalue weighted by molar-refractivity contribution is -0.169. The van der Waals surface area contributed by atoms with Gasteiger partial charge in [0.25, 0.3) is 0 Å². The molecule has 3 N–H and O–H groups in total. The first kappa shape index (κ1) is 12.8. The molecule has 3 atom stereocenters. The molecule has 0 bridgehead atoms. The van der Waals surface area contributed by atoms with Gasteiger partial charge in [-0.3, -0.25) is 4.79 Å². The molecule has 1 aliphatic heterocycles. The number of nitrogens with two attached hydrogens (primary N) is 1. The second kappa shape index (κ2) is 4.25. The van der Waals surface area contributed by atoms with Gasteiger partial charge in [0.05, 0.1) is 5.92 Å². The number of rotatable bonds is 1. The Morgan fingerprint density at radius 1 is 1.41 bits per heavy atom. The van der Waals surface area contributed by atoms with E-state index in [2.05, 4.69) is 5.32 Å². The van der Waals surface area contributed by atoms with Gasteiger partial charge in [0.15, 0.2) is 0 Å². The topological polar surface area (TPSA) is 64.3 Å². The van der Waals surface area contributed by atoms with Crippen LogP contribution in [-0.2, 0) is 9.53 Å². The fourth-order valence-corrected chi connectivity index (χ4v) is 2.96. The predicted molar refractivity (Wildman–Crippen MR) is 66.5 cm³/mol. The van der Waals surface area contributed by atoms with Gasteiger partial charge >= 0.3 is 5.97 Å². The highest BCUT2D eigenvalue weighted by molar-refractivity contribution is 5.76. The third kappa shape index (κ3) is 2.63. The monoisotopic (exact) mass is 240 g/mol. The quantitative estimate of drug-likeness (QED) is 0.676. The summed E-state index contributed by atoms with van der Waals surface area (Å²) in [5, 5.41) is 3.50. The average Bonchev–Trinajstić information content (AvgIpc) is 2.12. The van der Waals surface area contributed by atoms with E-state index in [4.69, 9.17) is 10.5 Å². The van der Waals surface area contributed by atoms with Gasteiger partial charge in [-0.15, -0.1) is 0 Å². The molecule has 0 amide bonds. The molecule has 1 spiro atoms. The van der Waals surface area contributed by atoms with Crippen LogP contribution < -0.4 is 11.1 Å². The fourth-order valence-electron chi connectivity index (χ4n) is 2.96. The van der Waals surface area contributed by atoms with Crippen molar-refractivity contribution in [2.45, 2.75) is 63.6 Å². The molecular weight excluding hydrogens is 216 g/mol. The van der Waals surface area contributed by atoms with Crippen LogP contribution in [-0.4, -0.2) is 29.7 Å². The molecule has 2 aliphatic rings. The van der Waals surface area contributed by atoms with Gasteiger partial charge in [0.2, 0.25) is 0 Å². The van der Waals surface area contributed by atoms with E-state index in [0.29, 0.717) is 0 Å². The van der Waals surface area contributed by atoms with E-state index >= 15 is 0 Å². The Kier molecular flexibility index (Phi) is 3.21. The lowest BCUT2D eigenvalue weighted by atomic mass is 9.62. The third-order valence-corrected chi connectivity index (χ3v) is 3.86. The Balaban J connectivity index is 2.00. The maximum atomic E-state index is 12.1. The predicted octanol–water partition coefficient (Wildman–Crippen LogP) is 1.19. The van der Waals surface area contributed by atoms with E-state index in [-0.39, 0.29) is 23.5 Å². The third-order valence-electron chi connectivity index (χ3n) is 3.86. The summed E-state index contributed by atoms with van der Waals surface area (Å²) in [5.41, 5.74) is 5.55. The average molecular weight is 240 g/mol. The molecule has 0 radical (unpaired) electrons. The van der Waals surface area contributed by atoms with Gasteiger partial charge in [0, 0.05) is 11.6 Å². The molecule has 2 fully saturated rings. The van der Waals surface area contributed by atoms with E-state index in [1.165, 1.54) is 0 Å². The van der Waals surface area contributed by atoms with Crippen molar-refractivity contribution in [1.82, 2.24) is 5.32 Å². The maximum absolute atomic E-state index is 12.1. The number of piperidine rings is 1. The molecule has 98 valence electrons. The van der Waals surface area contributed by atoms with E-state index in [9.17, 15) is 4.79 Å². The smallest absolute Gasteiger partial charge is 0.311 e. The van der Waals surface area contributed by atoms with Crippen LogP contribution in [0.4, 0.5) is 0 Å². The van der Waals surface area contributed by atoms with Crippen LogP contribution in [0, 0.1) is 5.92 Å². The van der Waals surface area contributed by atoms with Crippen LogP contribution in [0.25, 0.3) is 0 Å². The summed E-state index contributed by atoms with van der Waals surface area (Å²) in [6.45, 7) is 6.66. The maximum Gasteiger partial charge on any atom is 0.311 e. The molecule has 1 heterocycles. The Morgan fingerprint density at radius 2 is 2.12 bits per heavy atom. The van der Waals surface area contributed by atoms with Crippen molar-refractivity contribution in [3.05, 3.63) is 0 Å². The molecule has 17 heavy (non-hydrogen) atoms. The van der Waals surface area contributed by atoms with Crippen molar-refractivity contribution >= 4 is 5.97 Å². The number of carbonyl (C=O) groups excluding carboxylic acids is 1. The van der Waals surface area contributed by atoms with Gasteiger partial charge in [-0.2, -0.15) is 0 Å². The molecular formula is C13H24N2O2. The summed E-state index contributed by atoms with van der Waals surface area (Å²) in [7, 11) is 0. The number of carbonyl (C=O) groups is 1. The van der Waals surface area contributed by atoms with Crippen LogP contribution in [0.1, 0.15) is 46.5 Å². The van der Waals surface area contributed by atoms with Gasteiger partial charge in [-0.1, -0.05) is 0 Å². The number of hydrogen-bond donors (Lipinski definition) is 2. The van der Waals surface area contributed by atoms with Crippen LogP contribution >= 0.6 is 0 Å². The van der Waals surface area contributed by atoms with Crippen LogP contribution in [0.15, 0.2) is 0 Å². The number of nitrogens with one attached hydrogen (secondary N) is 1. The molecule has 0 aromatic rings. The highest BCUT2D eigenvalue weighted by Gasteiger charge is 2.53. The van der Waals surface area contributed by atoms with Crippen LogP contribution in [0.2, 0.25) is 0 Å². The number of esters is 1. The standard InChI is InChI=1S/C13H24N2O2/c1-12(2,3)17-11(16)10-4-6-13(10)8-9(14)5-7-15-13/h9-10,15H,4-8,14H2,1-3H3. The molecule has 0 aromatic carbocycles. The minimum Gasteiger partial charge on any atom is -0.460 e. The Morgan fingerprint density at radius 3 is 2.59 bits per heavy atom. The molecule has 1 aliphatic carbocycles. The fraction of sp³-hybridized carbons (Fsp3) is 0.923. The largest absolute Gasteiger partial charge is 0.460 e. The number of ether oxygens (including phenoxy) is 1. The van der Waals surface area contributed by atoms with Crippen LogP contribution in [0.5, 0.6) is 0 Å². The Bertz CT molecular complexity index is 311. The zero-order valence-corrected chi connectivity index (χ0v) is 11.1. The van der Waals surface area contributed by atoms with Crippen molar-refractivity contribution < 1.29 is 9.53 Å². The lowest BCUT2D eigenvalue weighted by Crippen LogP contribution is -2.66. The zero-order chi connectivity index (χ0) is 12.7. The Hall–Kier alpha value is -0.610. The number of hydrogen-bond acceptors (Lipinski definition) is 4. The van der Waals surface area contributed by atoms with Gasteiger partial charge in [-0.25, -0.2) is 0 Å². The molecule has 2 rings (SSSR count). The minimum absolute atomic E-state index is 0.00641. The summed E-state index contributed by atoms with van der Waals surface area (Å²) in [4.78, 5) is 12.1. The molecule has 1 saturated carbocycles. The van der Waals surface area contributed by atoms with Crippen molar-refractivity contribution in [1.29, 1.82) is 0 Å². The van der Waals surface area contributed by atoms with Crippen molar-refractivity contribution in [2.24, 2.45) is 11.7 Å². The van der Waals surface area contributed by atoms with E-state index in [0.717, 1.165) is 32.2 Å². The van der Waals surface area contributed by atoms with Crippen molar-refractivity contribution in [3.63, 3.8) is 0 Å². The zero-order valence-electron chi connectivity index (χ0n) is 11.1. The normalized spacial score (nSPS) is 37.6. The van der Waals surface area contributed by atoms with Crippen molar-refractivity contribution in [2.75, 3.05) is 6.54 Å². The van der Waals surface area contributed by atoms with Crippen molar-refractivity contribution in [3.8, 4) is 0 Å². The SMILES string of the molecule is CC(C)(C)OC(=O)C1CCC12CC(N)CCN2. The van der Waals surface area contributed by atoms with E-state index in [1.807, 2.05) is 20.8 Å². The van der Waals surface area contributed by atoms with Gasteiger partial charge in [-0.05, 0) is 53.0 Å². The highest BCUT2D eigenvalue weighted by atomic mass is 16.6. The summed E-state index contributed by atoms with van der Waals surface area (Å²) >= 11 is 0. The molecule has 4 nitrogen and oxygen atoms in total.